The molecule has 8 nitrogen and oxygen atoms in total. The molecule has 8 heteroatoms. The highest BCUT2D eigenvalue weighted by Gasteiger charge is 2.81. The molecule has 0 radical (unpaired) electrons. The quantitative estimate of drug-likeness (QED) is 0.369. The molecule has 43 heavy (non-hydrogen) atoms. The molecule has 9 unspecified atom stereocenters. The molecule has 1 heterocycles. The maximum Gasteiger partial charge on any atom is 0.407 e. The predicted octanol–water partition coefficient (Wildman–Crippen LogP) is 5.55. The third-order valence-corrected chi connectivity index (χ3v) is 14.0. The number of alkyl carbamates (subject to hydrolysis) is 1. The van der Waals surface area contributed by atoms with Crippen LogP contribution in [0, 0.1) is 45.3 Å². The van der Waals surface area contributed by atoms with Crippen molar-refractivity contribution in [3.05, 3.63) is 0 Å². The summed E-state index contributed by atoms with van der Waals surface area (Å²) in [5.74, 6) is 2.15. The number of fused-ring (bicyclic) bond motifs is 4. The van der Waals surface area contributed by atoms with Crippen molar-refractivity contribution in [2.75, 3.05) is 27.2 Å². The van der Waals surface area contributed by atoms with E-state index in [-0.39, 0.29) is 41.2 Å². The summed E-state index contributed by atoms with van der Waals surface area (Å²) in [6.45, 7) is 13.6. The third-order valence-electron chi connectivity index (χ3n) is 14.0. The molecule has 5 aliphatic carbocycles. The topological polar surface area (TPSA) is 97.3 Å². The second-order valence-electron chi connectivity index (χ2n) is 17.1. The van der Waals surface area contributed by atoms with E-state index in [9.17, 15) is 14.7 Å². The van der Waals surface area contributed by atoms with Gasteiger partial charge in [0.25, 0.3) is 0 Å². The summed E-state index contributed by atoms with van der Waals surface area (Å²) in [6.07, 6.45) is 10.5. The SMILES string of the molecule is CC(=O)O[C@@H](C1CCC2C(CC3C4CCC5C(C)(C)[C@@H](OC(=O)NCCN(C)C)CCC56CC46CCC23C)O1)C(C)(C)O. The van der Waals surface area contributed by atoms with Crippen LogP contribution in [-0.2, 0) is 19.0 Å². The summed E-state index contributed by atoms with van der Waals surface area (Å²) in [5.41, 5.74) is -0.0793. The number of aliphatic hydroxyl groups is 1. The van der Waals surface area contributed by atoms with E-state index in [1.54, 1.807) is 13.8 Å². The van der Waals surface area contributed by atoms with Gasteiger partial charge in [0.15, 0.2) is 6.10 Å². The lowest BCUT2D eigenvalue weighted by Crippen LogP contribution is -2.55. The molecule has 6 aliphatic rings. The molecule has 6 rings (SSSR count). The first-order valence-electron chi connectivity index (χ1n) is 17.2. The summed E-state index contributed by atoms with van der Waals surface area (Å²) in [6, 6.07) is 0. The number of nitrogens with one attached hydrogen (secondary N) is 1. The fourth-order valence-corrected chi connectivity index (χ4v) is 12.1. The molecule has 2 N–H and O–H groups in total. The van der Waals surface area contributed by atoms with E-state index in [0.717, 1.165) is 38.1 Å². The minimum atomic E-state index is -1.15. The van der Waals surface area contributed by atoms with Gasteiger partial charge in [-0.1, -0.05) is 20.8 Å². The van der Waals surface area contributed by atoms with Crippen molar-refractivity contribution in [1.82, 2.24) is 10.2 Å². The average molecular weight is 603 g/mol. The Morgan fingerprint density at radius 1 is 1.00 bits per heavy atom. The highest BCUT2D eigenvalue weighted by Crippen LogP contribution is 2.87. The van der Waals surface area contributed by atoms with Gasteiger partial charge < -0.3 is 29.5 Å². The zero-order chi connectivity index (χ0) is 31.2. The maximum atomic E-state index is 12.7. The zero-order valence-corrected chi connectivity index (χ0v) is 28.0. The highest BCUT2D eigenvalue weighted by molar-refractivity contribution is 5.67. The van der Waals surface area contributed by atoms with Crippen LogP contribution in [0.5, 0.6) is 0 Å². The van der Waals surface area contributed by atoms with Gasteiger partial charge in [-0.15, -0.1) is 0 Å². The van der Waals surface area contributed by atoms with Crippen molar-refractivity contribution in [3.8, 4) is 0 Å². The molecule has 1 saturated heterocycles. The van der Waals surface area contributed by atoms with Crippen molar-refractivity contribution in [3.63, 3.8) is 0 Å². The Morgan fingerprint density at radius 2 is 1.72 bits per heavy atom. The number of rotatable bonds is 7. The van der Waals surface area contributed by atoms with Crippen LogP contribution in [0.15, 0.2) is 0 Å². The summed E-state index contributed by atoms with van der Waals surface area (Å²) < 4.78 is 18.6. The minimum absolute atomic E-state index is 0.0326. The predicted molar refractivity (Wildman–Crippen MR) is 164 cm³/mol. The first-order valence-corrected chi connectivity index (χ1v) is 17.2. The van der Waals surface area contributed by atoms with Crippen LogP contribution in [0.2, 0.25) is 0 Å². The van der Waals surface area contributed by atoms with Crippen molar-refractivity contribution in [2.24, 2.45) is 45.3 Å². The number of ether oxygens (including phenoxy) is 3. The Hall–Kier alpha value is -1.38. The number of esters is 1. The van der Waals surface area contributed by atoms with E-state index in [4.69, 9.17) is 14.2 Å². The van der Waals surface area contributed by atoms with Crippen LogP contribution < -0.4 is 5.32 Å². The molecule has 2 spiro atoms. The lowest BCUT2D eigenvalue weighted by atomic mass is 9.46. The number of likely N-dealkylation sites (N-methyl/N-ethyl adjacent to an activating group) is 1. The number of nitrogens with zero attached hydrogens (tertiary/aromatic N) is 1. The van der Waals surface area contributed by atoms with Crippen LogP contribution in [0.1, 0.15) is 106 Å². The van der Waals surface area contributed by atoms with Gasteiger partial charge in [0, 0.05) is 25.4 Å². The van der Waals surface area contributed by atoms with Crippen LogP contribution in [0.4, 0.5) is 4.79 Å². The van der Waals surface area contributed by atoms with E-state index in [2.05, 4.69) is 31.0 Å². The third kappa shape index (κ3) is 4.95. The summed E-state index contributed by atoms with van der Waals surface area (Å²) in [5, 5.41) is 13.8. The minimum Gasteiger partial charge on any atom is -0.457 e. The van der Waals surface area contributed by atoms with Crippen LogP contribution in [0.3, 0.4) is 0 Å². The molecule has 0 bridgehead atoms. The number of hydrogen-bond donors (Lipinski definition) is 2. The zero-order valence-electron chi connectivity index (χ0n) is 28.0. The van der Waals surface area contributed by atoms with E-state index in [1.165, 1.54) is 45.4 Å². The van der Waals surface area contributed by atoms with Gasteiger partial charge >= 0.3 is 12.1 Å². The molecule has 5 saturated carbocycles. The number of amides is 1. The Balaban J connectivity index is 1.15. The van der Waals surface area contributed by atoms with E-state index in [0.29, 0.717) is 35.1 Å². The van der Waals surface area contributed by atoms with Crippen LogP contribution >= 0.6 is 0 Å². The maximum absolute atomic E-state index is 12.7. The number of hydrogen-bond acceptors (Lipinski definition) is 7. The molecule has 244 valence electrons. The van der Waals surface area contributed by atoms with Gasteiger partial charge in [0.05, 0.1) is 17.8 Å². The van der Waals surface area contributed by atoms with Gasteiger partial charge in [-0.25, -0.2) is 4.79 Å². The smallest absolute Gasteiger partial charge is 0.407 e. The number of carbonyl (C=O) groups excluding carboxylic acids is 2. The molecule has 1 aliphatic heterocycles. The van der Waals surface area contributed by atoms with E-state index < -0.39 is 11.7 Å². The molecule has 1 amide bonds. The normalized spacial score (nSPS) is 45.0. The van der Waals surface area contributed by atoms with Crippen molar-refractivity contribution in [1.29, 1.82) is 0 Å². The van der Waals surface area contributed by atoms with E-state index >= 15 is 0 Å². The monoisotopic (exact) mass is 602 g/mol. The Kier molecular flexibility index (Phi) is 7.78. The Labute approximate surface area is 259 Å². The van der Waals surface area contributed by atoms with Crippen molar-refractivity contribution < 1.29 is 28.9 Å². The lowest BCUT2D eigenvalue weighted by Gasteiger charge is -2.59. The Bertz CT molecular complexity index is 1100. The van der Waals surface area contributed by atoms with Gasteiger partial charge in [0.2, 0.25) is 0 Å². The van der Waals surface area contributed by atoms with Gasteiger partial charge in [-0.2, -0.15) is 0 Å². The largest absolute Gasteiger partial charge is 0.457 e. The number of carbonyl (C=O) groups is 2. The molecular weight excluding hydrogens is 544 g/mol. The first kappa shape index (κ1) is 31.6. The highest BCUT2D eigenvalue weighted by atomic mass is 16.6. The molecule has 0 aromatic carbocycles. The summed E-state index contributed by atoms with van der Waals surface area (Å²) in [4.78, 5) is 26.7. The lowest BCUT2D eigenvalue weighted by molar-refractivity contribution is -0.200. The molecular formula is C35H58N2O6. The second kappa shape index (κ2) is 10.6. The van der Waals surface area contributed by atoms with Crippen LogP contribution in [0.25, 0.3) is 0 Å². The van der Waals surface area contributed by atoms with Gasteiger partial charge in [-0.05, 0) is 132 Å². The molecule has 11 atom stereocenters. The molecule has 6 fully saturated rings. The van der Waals surface area contributed by atoms with Crippen molar-refractivity contribution in [2.45, 2.75) is 136 Å². The fraction of sp³-hybridized carbons (Fsp3) is 0.943. The van der Waals surface area contributed by atoms with Crippen molar-refractivity contribution >= 4 is 12.1 Å². The fourth-order valence-electron chi connectivity index (χ4n) is 12.1. The standard InChI is InChI=1S/C35H58N2O6/c1-21(38)41-29(32(4,5)40)25-11-9-23-26(42-25)19-24-22-10-12-27-31(2,3)28(43-30(39)36-17-18-37(7)8)13-14-35(27)20-34(22,35)16-15-33(23,24)6/h22-29,40H,9-20H2,1-8H3,(H,36,39)/t22?,23?,24?,25?,26?,27?,28-,29-,33?,34?,35?/m0/s1. The summed E-state index contributed by atoms with van der Waals surface area (Å²) >= 11 is 0. The van der Waals surface area contributed by atoms with Crippen LogP contribution in [-0.4, -0.2) is 79.3 Å². The van der Waals surface area contributed by atoms with E-state index in [1.807, 2.05) is 14.1 Å². The van der Waals surface area contributed by atoms with Gasteiger partial charge in [0.1, 0.15) is 6.10 Å². The Morgan fingerprint density at radius 3 is 2.40 bits per heavy atom. The molecule has 0 aromatic heterocycles. The first-order chi connectivity index (χ1) is 20.0. The average Bonchev–Trinajstić information content (AvgIpc) is 3.48. The molecule has 0 aromatic rings. The summed E-state index contributed by atoms with van der Waals surface area (Å²) in [7, 11) is 4.02. The van der Waals surface area contributed by atoms with Gasteiger partial charge in [-0.3, -0.25) is 4.79 Å². The second-order valence-corrected chi connectivity index (χ2v) is 17.1.